The third-order valence-corrected chi connectivity index (χ3v) is 5.95. The maximum Gasteiger partial charge on any atom is 0.174 e. The Balaban J connectivity index is 1.72. The predicted molar refractivity (Wildman–Crippen MR) is 125 cm³/mol. The van der Waals surface area contributed by atoms with Gasteiger partial charge < -0.3 is 14.8 Å². The zero-order valence-corrected chi connectivity index (χ0v) is 17.8. The van der Waals surface area contributed by atoms with Crippen molar-refractivity contribution < 1.29 is 4.39 Å². The highest BCUT2D eigenvalue weighted by molar-refractivity contribution is 7.80. The first-order chi connectivity index (χ1) is 15.1. The number of nitrogens with zero attached hydrogens (tertiary/aromatic N) is 3. The van der Waals surface area contributed by atoms with Crippen LogP contribution in [0.1, 0.15) is 29.2 Å². The van der Waals surface area contributed by atoms with E-state index in [1.807, 2.05) is 47.4 Å². The van der Waals surface area contributed by atoms with E-state index in [2.05, 4.69) is 46.1 Å². The van der Waals surface area contributed by atoms with Gasteiger partial charge in [-0.2, -0.15) is 0 Å². The lowest BCUT2D eigenvalue weighted by atomic mass is 10.0. The van der Waals surface area contributed by atoms with E-state index in [1.54, 1.807) is 18.3 Å². The third kappa shape index (κ3) is 3.39. The number of rotatable bonds is 4. The molecule has 4 aromatic rings. The summed E-state index contributed by atoms with van der Waals surface area (Å²) in [5, 5.41) is 3.87. The molecule has 2 aromatic carbocycles. The molecular weight excluding hydrogens is 407 g/mol. The van der Waals surface area contributed by atoms with Crippen molar-refractivity contribution in [1.29, 1.82) is 0 Å². The van der Waals surface area contributed by atoms with E-state index in [1.165, 1.54) is 6.07 Å². The summed E-state index contributed by atoms with van der Waals surface area (Å²) in [6.07, 6.45) is 1.77. The summed E-state index contributed by atoms with van der Waals surface area (Å²) in [6, 6.07) is 26.4. The molecule has 1 N–H and O–H groups in total. The number of benzene rings is 2. The second kappa shape index (κ2) is 7.96. The lowest BCUT2D eigenvalue weighted by Crippen LogP contribution is -2.31. The Kier molecular flexibility index (Phi) is 5.00. The van der Waals surface area contributed by atoms with Gasteiger partial charge in [0.1, 0.15) is 11.9 Å². The molecule has 154 valence electrons. The van der Waals surface area contributed by atoms with E-state index in [-0.39, 0.29) is 17.9 Å². The highest BCUT2D eigenvalue weighted by atomic mass is 32.1. The van der Waals surface area contributed by atoms with Crippen molar-refractivity contribution in [2.45, 2.75) is 19.0 Å². The van der Waals surface area contributed by atoms with Crippen LogP contribution in [0.5, 0.6) is 0 Å². The fourth-order valence-electron chi connectivity index (χ4n) is 4.28. The fourth-order valence-corrected chi connectivity index (χ4v) is 4.62. The van der Waals surface area contributed by atoms with Crippen molar-refractivity contribution in [2.75, 3.05) is 4.90 Å². The van der Waals surface area contributed by atoms with Crippen LogP contribution in [0.2, 0.25) is 0 Å². The van der Waals surface area contributed by atoms with Crippen molar-refractivity contribution in [3.05, 3.63) is 114 Å². The van der Waals surface area contributed by atoms with E-state index in [9.17, 15) is 4.39 Å². The van der Waals surface area contributed by atoms with E-state index in [4.69, 9.17) is 12.2 Å². The van der Waals surface area contributed by atoms with E-state index >= 15 is 0 Å². The van der Waals surface area contributed by atoms with Gasteiger partial charge in [-0.1, -0.05) is 36.4 Å². The quantitative estimate of drug-likeness (QED) is 0.435. The minimum atomic E-state index is -0.312. The predicted octanol–water partition coefficient (Wildman–Crippen LogP) is 5.50. The summed E-state index contributed by atoms with van der Waals surface area (Å²) in [7, 11) is 0. The number of anilines is 1. The van der Waals surface area contributed by atoms with Crippen LogP contribution in [0.15, 0.2) is 91.1 Å². The summed E-state index contributed by atoms with van der Waals surface area (Å²) >= 11 is 5.71. The minimum Gasteiger partial charge on any atom is -0.351 e. The number of para-hydroxylation sites is 2. The van der Waals surface area contributed by atoms with Gasteiger partial charge in [-0.3, -0.25) is 4.98 Å². The van der Waals surface area contributed by atoms with Gasteiger partial charge in [-0.05, 0) is 67.7 Å². The number of aromatic nitrogens is 2. The number of hydrogen-bond donors (Lipinski definition) is 1. The Labute approximate surface area is 186 Å². The van der Waals surface area contributed by atoms with Crippen LogP contribution in [-0.4, -0.2) is 14.7 Å². The van der Waals surface area contributed by atoms with Crippen molar-refractivity contribution in [2.24, 2.45) is 0 Å². The fraction of sp³-hybridized carbons (Fsp3) is 0.120. The Morgan fingerprint density at radius 3 is 2.39 bits per heavy atom. The second-order valence-corrected chi connectivity index (χ2v) is 7.91. The van der Waals surface area contributed by atoms with Gasteiger partial charge in [-0.15, -0.1) is 0 Å². The second-order valence-electron chi connectivity index (χ2n) is 7.52. The molecule has 0 bridgehead atoms. The molecule has 2 unspecified atom stereocenters. The lowest BCUT2D eigenvalue weighted by Gasteiger charge is -2.29. The average Bonchev–Trinajstić information content (AvgIpc) is 3.35. The Morgan fingerprint density at radius 1 is 0.903 bits per heavy atom. The molecule has 4 nitrogen and oxygen atoms in total. The summed E-state index contributed by atoms with van der Waals surface area (Å²) in [5.74, 6) is -0.312. The van der Waals surface area contributed by atoms with Crippen molar-refractivity contribution in [3.63, 3.8) is 0 Å². The van der Waals surface area contributed by atoms with Crippen LogP contribution in [0.4, 0.5) is 10.1 Å². The van der Waals surface area contributed by atoms with Crippen molar-refractivity contribution >= 4 is 23.0 Å². The number of nitrogens with one attached hydrogen (secondary N) is 1. The summed E-state index contributed by atoms with van der Waals surface area (Å²) in [5.41, 5.74) is 4.45. The highest BCUT2D eigenvalue weighted by Gasteiger charge is 2.43. The van der Waals surface area contributed by atoms with Crippen LogP contribution in [0.3, 0.4) is 0 Å². The zero-order chi connectivity index (χ0) is 21.4. The standard InChI is InChI=1S/C25H21FN4S/c1-17-14-15-22(29(17)18-9-3-2-4-10-18)24-23(20-12-7-8-16-27-20)28-25(31)30(24)21-13-6-5-11-19(21)26/h2-16,23-24H,1H3,(H,28,31). The summed E-state index contributed by atoms with van der Waals surface area (Å²) in [6.45, 7) is 2.07. The van der Waals surface area contributed by atoms with Crippen LogP contribution in [0, 0.1) is 12.7 Å². The molecule has 1 aliphatic heterocycles. The SMILES string of the molecule is Cc1ccc(C2C(c3ccccn3)NC(=S)N2c2ccccc2F)n1-c1ccccc1. The first kappa shape index (κ1) is 19.5. The molecule has 1 fully saturated rings. The smallest absolute Gasteiger partial charge is 0.174 e. The molecule has 31 heavy (non-hydrogen) atoms. The molecule has 0 aliphatic carbocycles. The van der Waals surface area contributed by atoms with Gasteiger partial charge in [0, 0.05) is 23.3 Å². The Bertz CT molecular complexity index is 1220. The monoisotopic (exact) mass is 428 g/mol. The van der Waals surface area contributed by atoms with Crippen LogP contribution < -0.4 is 10.2 Å². The molecule has 0 amide bonds. The van der Waals surface area contributed by atoms with Crippen molar-refractivity contribution in [3.8, 4) is 5.69 Å². The summed E-state index contributed by atoms with van der Waals surface area (Å²) < 4.78 is 17.1. The maximum atomic E-state index is 14.9. The van der Waals surface area contributed by atoms with Crippen LogP contribution in [0.25, 0.3) is 5.69 Å². The highest BCUT2D eigenvalue weighted by Crippen LogP contribution is 2.43. The number of thiocarbonyl (C=S) groups is 1. The molecule has 1 aliphatic rings. The van der Waals surface area contributed by atoms with Gasteiger partial charge in [0.2, 0.25) is 0 Å². The first-order valence-corrected chi connectivity index (χ1v) is 10.5. The van der Waals surface area contributed by atoms with Gasteiger partial charge >= 0.3 is 0 Å². The van der Waals surface area contributed by atoms with Gasteiger partial charge in [0.15, 0.2) is 5.11 Å². The number of hydrogen-bond acceptors (Lipinski definition) is 2. The molecule has 0 saturated carbocycles. The molecule has 2 aromatic heterocycles. The molecule has 6 heteroatoms. The molecular formula is C25H21FN4S. The largest absolute Gasteiger partial charge is 0.351 e. The molecule has 0 radical (unpaired) electrons. The topological polar surface area (TPSA) is 33.1 Å². The molecule has 3 heterocycles. The van der Waals surface area contributed by atoms with Gasteiger partial charge in [-0.25, -0.2) is 4.39 Å². The zero-order valence-electron chi connectivity index (χ0n) is 16.9. The van der Waals surface area contributed by atoms with Crippen molar-refractivity contribution in [1.82, 2.24) is 14.9 Å². The molecule has 1 saturated heterocycles. The number of pyridine rings is 1. The minimum absolute atomic E-state index is 0.231. The van der Waals surface area contributed by atoms with E-state index < -0.39 is 0 Å². The summed E-state index contributed by atoms with van der Waals surface area (Å²) in [4.78, 5) is 6.45. The van der Waals surface area contributed by atoms with E-state index in [0.717, 1.165) is 22.8 Å². The maximum absolute atomic E-state index is 14.9. The normalized spacial score (nSPS) is 18.3. The third-order valence-electron chi connectivity index (χ3n) is 5.63. The van der Waals surface area contributed by atoms with Crippen LogP contribution >= 0.6 is 12.2 Å². The van der Waals surface area contributed by atoms with Gasteiger partial charge in [0.25, 0.3) is 0 Å². The molecule has 5 rings (SSSR count). The first-order valence-electron chi connectivity index (χ1n) is 10.1. The molecule has 2 atom stereocenters. The average molecular weight is 429 g/mol. The van der Waals surface area contributed by atoms with Gasteiger partial charge in [0.05, 0.1) is 17.4 Å². The number of aryl methyl sites for hydroxylation is 1. The van der Waals surface area contributed by atoms with Crippen LogP contribution in [-0.2, 0) is 0 Å². The Hall–Kier alpha value is -3.51. The molecule has 0 spiro atoms. The lowest BCUT2D eigenvalue weighted by molar-refractivity contribution is 0.540. The van der Waals surface area contributed by atoms with E-state index in [0.29, 0.717) is 10.8 Å². The Morgan fingerprint density at radius 2 is 1.65 bits per heavy atom. The number of halogens is 1.